The first-order chi connectivity index (χ1) is 52.1. The molecule has 3 N–H and O–H groups in total. The maximum Gasteiger partial charge on any atom is 0.625 e. The van der Waals surface area contributed by atoms with Crippen molar-refractivity contribution in [1.82, 2.24) is 68.3 Å². The molecular formula is C88H78Ir5N15O4-5. The molecule has 0 bridgehead atoms. The SMILES string of the molecule is Cc1[c-]n(-c2[c-]cc(-c3ccccc3)cc2)cc1.Cc1cc(C)n(-c2[c-]cccc2)n1.Cc1cc[c-]c(-n2ccc(C)n2)c1.Cc1ccn(-c2[c-]cc(-c3ccccc3)cc2)n1.Cc1ccn(-c2[c-]cccc2)n1.O=C(O)[n+]1ccccn1.Oc1ccccc1-n1cccn1.Oc1ccccc1-n1cccn1.[Ir].[Ir].[Ir].[Ir].[Ir]. The molecule has 0 saturated heterocycles. The molecule has 0 aliphatic carbocycles. The fourth-order valence-electron chi connectivity index (χ4n) is 10.2. The summed E-state index contributed by atoms with van der Waals surface area (Å²) in [5, 5.41) is 55.9. The van der Waals surface area contributed by atoms with E-state index in [-0.39, 0.29) is 112 Å². The number of aromatic nitrogens is 15. The van der Waals surface area contributed by atoms with Crippen molar-refractivity contribution < 1.29 is 125 Å². The Morgan fingerprint density at radius 1 is 0.366 bits per heavy atom. The number of nitrogens with zero attached hydrogens (tertiary/aromatic N) is 15. The minimum Gasteiger partial charge on any atom is -0.506 e. The van der Waals surface area contributed by atoms with Crippen LogP contribution in [0.25, 0.3) is 62.1 Å². The van der Waals surface area contributed by atoms with Crippen LogP contribution in [0.15, 0.2) is 329 Å². The van der Waals surface area contributed by atoms with Gasteiger partial charge in [-0.05, 0) is 124 Å². The summed E-state index contributed by atoms with van der Waals surface area (Å²) in [4.78, 5) is 10.1. The van der Waals surface area contributed by atoms with Crippen molar-refractivity contribution in [3.05, 3.63) is 405 Å². The van der Waals surface area contributed by atoms with E-state index in [1.807, 2.05) is 266 Å². The van der Waals surface area contributed by atoms with Crippen molar-refractivity contribution in [3.63, 3.8) is 0 Å². The molecule has 8 aromatic heterocycles. The van der Waals surface area contributed by atoms with Gasteiger partial charge in [-0.3, -0.25) is 18.7 Å². The third kappa shape index (κ3) is 28.3. The molecule has 19 nitrogen and oxygen atoms in total. The number of aromatic hydroxyl groups is 2. The second-order valence-corrected chi connectivity index (χ2v) is 23.7. The van der Waals surface area contributed by atoms with Crippen LogP contribution >= 0.6 is 0 Å². The Labute approximate surface area is 720 Å². The van der Waals surface area contributed by atoms with Crippen LogP contribution in [0.3, 0.4) is 0 Å². The first kappa shape index (κ1) is 91.5. The number of benzene rings is 9. The molecule has 0 amide bonds. The molecule has 9 aromatic carbocycles. The summed E-state index contributed by atoms with van der Waals surface area (Å²) < 4.78 is 13.4. The monoisotopic (exact) mass is 2370 g/mol. The fourth-order valence-corrected chi connectivity index (χ4v) is 10.2. The van der Waals surface area contributed by atoms with Crippen LogP contribution in [0.1, 0.15) is 39.6 Å². The molecule has 579 valence electrons. The number of phenols is 2. The van der Waals surface area contributed by atoms with Gasteiger partial charge >= 0.3 is 6.09 Å². The van der Waals surface area contributed by atoms with Gasteiger partial charge < -0.3 is 19.9 Å². The smallest absolute Gasteiger partial charge is 0.506 e. The van der Waals surface area contributed by atoms with Crippen molar-refractivity contribution in [3.8, 4) is 73.6 Å². The van der Waals surface area contributed by atoms with E-state index in [2.05, 4.69) is 134 Å². The Hall–Kier alpha value is -11.1. The van der Waals surface area contributed by atoms with Crippen LogP contribution in [0.4, 0.5) is 4.79 Å². The zero-order chi connectivity index (χ0) is 75.1. The van der Waals surface area contributed by atoms with E-state index in [4.69, 9.17) is 5.11 Å². The van der Waals surface area contributed by atoms with Gasteiger partial charge in [-0.2, -0.15) is 156 Å². The van der Waals surface area contributed by atoms with Crippen LogP contribution in [-0.2, 0) is 101 Å². The predicted molar refractivity (Wildman–Crippen MR) is 415 cm³/mol. The minimum absolute atomic E-state index is 0. The second-order valence-electron chi connectivity index (χ2n) is 23.7. The summed E-state index contributed by atoms with van der Waals surface area (Å²) in [5.74, 6) is 0.474. The third-order valence-corrected chi connectivity index (χ3v) is 15.4. The molecule has 24 heteroatoms. The van der Waals surface area contributed by atoms with Crippen LogP contribution in [0.5, 0.6) is 11.5 Å². The summed E-state index contributed by atoms with van der Waals surface area (Å²) in [7, 11) is 0. The minimum atomic E-state index is -1.07. The molecule has 0 unspecified atom stereocenters. The molecule has 8 heterocycles. The normalized spacial score (nSPS) is 9.71. The van der Waals surface area contributed by atoms with Gasteiger partial charge in [0.2, 0.25) is 6.20 Å². The molecule has 0 aliphatic heterocycles. The van der Waals surface area contributed by atoms with Crippen LogP contribution in [0.2, 0.25) is 0 Å². The standard InChI is InChI=1S/C17H13N.C16H13N2.2C11H11N2.C10H9N2.2C9H8N2O.C5H4N2O2.5Ir/c1-14-11-12-18(13-14)17-9-7-16(8-10-17)15-5-3-2-4-6-15;1-13-11-12-18(17-13)16-9-7-15(8-10-16)14-5-3-2-4-6-14;1-9-4-3-5-11(8-9)13-7-6-10(2)12-13;1-9-8-10(2)13(12-9)11-6-4-3-5-7-11;1-9-7-8-12(11-9)10-5-3-2-4-6-10;2*12-9-5-2-1-4-8(9)11-7-3-6-10-11;8-5(9)7-4-2-1-3-6-7;;;;;/h2*2-9,11-12H,1H3;3-4,6-8H,1-2H3;3-6,8H,1-2H3;2-5,7-8H,1H3;2*1-7,12H;1-4H;;;;;/q-2;4*-1;;;;;;;;/p+1. The Morgan fingerprint density at radius 3 is 1.21 bits per heavy atom. The number of carbonyl (C=O) groups is 1. The van der Waals surface area contributed by atoms with Crippen molar-refractivity contribution >= 4 is 6.09 Å². The molecule has 0 atom stereocenters. The third-order valence-electron chi connectivity index (χ3n) is 15.4. The molecule has 17 rings (SSSR count). The number of rotatable bonds is 9. The van der Waals surface area contributed by atoms with Gasteiger partial charge in [0.1, 0.15) is 22.9 Å². The van der Waals surface area contributed by atoms with Crippen LogP contribution in [-0.4, -0.2) is 89.8 Å². The predicted octanol–water partition coefficient (Wildman–Crippen LogP) is 17.3. The zero-order valence-electron chi connectivity index (χ0n) is 61.8. The molecule has 0 fully saturated rings. The zero-order valence-corrected chi connectivity index (χ0v) is 73.8. The van der Waals surface area contributed by atoms with E-state index in [1.54, 1.807) is 70.5 Å². The summed E-state index contributed by atoms with van der Waals surface area (Å²) in [6.45, 7) is 14.1. The van der Waals surface area contributed by atoms with E-state index < -0.39 is 6.09 Å². The van der Waals surface area contributed by atoms with E-state index in [0.29, 0.717) is 11.4 Å². The quantitative estimate of drug-likeness (QED) is 0.0915. The largest absolute Gasteiger partial charge is 0.625 e. The Balaban J connectivity index is 0.000000229. The summed E-state index contributed by atoms with van der Waals surface area (Å²) in [6, 6.07) is 102. The van der Waals surface area contributed by atoms with E-state index in [0.717, 1.165) is 67.2 Å². The number of phenolic OH excluding ortho intramolecular Hbond substituents is 2. The van der Waals surface area contributed by atoms with Crippen molar-refractivity contribution in [2.24, 2.45) is 0 Å². The Morgan fingerprint density at radius 2 is 0.830 bits per heavy atom. The van der Waals surface area contributed by atoms with Crippen LogP contribution < -0.4 is 4.68 Å². The van der Waals surface area contributed by atoms with Gasteiger partial charge in [-0.1, -0.05) is 116 Å². The number of carboxylic acid groups (broad SMARTS) is 1. The molecule has 17 aromatic rings. The number of aryl methyl sites for hydroxylation is 7. The molecular weight excluding hydrogens is 2290 g/mol. The van der Waals surface area contributed by atoms with E-state index >= 15 is 0 Å². The summed E-state index contributed by atoms with van der Waals surface area (Å²) in [5.41, 5.74) is 18.7. The Bertz CT molecular complexity index is 5240. The van der Waals surface area contributed by atoms with Gasteiger partial charge in [0.15, 0.2) is 0 Å². The Kier molecular flexibility index (Phi) is 39.1. The average molecular weight is 2370 g/mol. The number of hydrogen-bond donors (Lipinski definition) is 3. The summed E-state index contributed by atoms with van der Waals surface area (Å²) in [6.07, 6.45) is 19.7. The maximum atomic E-state index is 10.1. The number of para-hydroxylation sites is 6. The first-order valence-corrected chi connectivity index (χ1v) is 34.0. The van der Waals surface area contributed by atoms with Gasteiger partial charge in [0.05, 0.1) is 29.0 Å². The van der Waals surface area contributed by atoms with Crippen molar-refractivity contribution in [2.75, 3.05) is 0 Å². The topological polar surface area (TPSA) is 206 Å². The van der Waals surface area contributed by atoms with Crippen LogP contribution in [0, 0.1) is 85.0 Å². The van der Waals surface area contributed by atoms with E-state index in [9.17, 15) is 15.0 Å². The van der Waals surface area contributed by atoms with Crippen molar-refractivity contribution in [1.29, 1.82) is 0 Å². The number of hydrogen-bond acceptors (Lipinski definition) is 10. The second kappa shape index (κ2) is 47.9. The van der Waals surface area contributed by atoms with E-state index in [1.165, 1.54) is 40.2 Å². The van der Waals surface area contributed by atoms with Crippen molar-refractivity contribution in [2.45, 2.75) is 48.5 Å². The molecule has 112 heavy (non-hydrogen) atoms. The average Bonchev–Trinajstić information content (AvgIpc) is 1.45. The van der Waals surface area contributed by atoms with Gasteiger partial charge in [-0.25, -0.2) is 15.4 Å². The maximum absolute atomic E-state index is 10.1. The molecule has 0 saturated carbocycles. The van der Waals surface area contributed by atoms with Gasteiger partial charge in [0, 0.05) is 165 Å². The first-order valence-electron chi connectivity index (χ1n) is 34.0. The van der Waals surface area contributed by atoms with Gasteiger partial charge in [-0.15, -0.1) is 47.2 Å². The molecule has 5 radical (unpaired) electrons. The fraction of sp³-hybridized carbons (Fsp3) is 0.0795. The van der Waals surface area contributed by atoms with Gasteiger partial charge in [0.25, 0.3) is 0 Å². The molecule has 0 spiro atoms. The molecule has 0 aliphatic rings. The summed E-state index contributed by atoms with van der Waals surface area (Å²) >= 11 is 0.